The fraction of sp³-hybridized carbons (Fsp3) is 0.250. The smallest absolute Gasteiger partial charge is 0.238 e. The van der Waals surface area contributed by atoms with Gasteiger partial charge in [0.15, 0.2) is 0 Å². The number of anilines is 1. The number of hydrogen-bond donors (Lipinski definition) is 1. The second kappa shape index (κ2) is 7.50. The number of halogens is 1. The second-order valence-electron chi connectivity index (χ2n) is 4.87. The van der Waals surface area contributed by atoms with E-state index >= 15 is 0 Å². The van der Waals surface area contributed by atoms with Gasteiger partial charge in [-0.2, -0.15) is 0 Å². The number of nitrogens with zero attached hydrogens (tertiary/aromatic N) is 2. The normalized spacial score (nSPS) is 10.6. The molecule has 0 aliphatic carbocycles. The Balaban J connectivity index is 1.77. The highest BCUT2D eigenvalue weighted by molar-refractivity contribution is 5.92. The number of amides is 1. The summed E-state index contributed by atoms with van der Waals surface area (Å²) >= 11 is 0. The fourth-order valence-corrected chi connectivity index (χ4v) is 1.94. The van der Waals surface area contributed by atoms with Gasteiger partial charge in [-0.05, 0) is 37.4 Å². The third kappa shape index (κ3) is 5.31. The van der Waals surface area contributed by atoms with E-state index in [1.807, 2.05) is 30.1 Å². The number of likely N-dealkylation sites (N-methyl/N-ethyl adjacent to an activating group) is 1. The molecule has 0 aliphatic heterocycles. The average molecular weight is 287 g/mol. The molecule has 0 aliphatic rings. The van der Waals surface area contributed by atoms with Crippen LogP contribution in [0.4, 0.5) is 10.1 Å². The van der Waals surface area contributed by atoms with E-state index in [9.17, 15) is 9.18 Å². The molecule has 0 spiro atoms. The predicted molar refractivity (Wildman–Crippen MR) is 80.5 cm³/mol. The van der Waals surface area contributed by atoms with E-state index in [0.717, 1.165) is 18.7 Å². The minimum atomic E-state index is -0.365. The lowest BCUT2D eigenvalue weighted by Gasteiger charge is -2.16. The third-order valence-electron chi connectivity index (χ3n) is 3.00. The molecule has 1 amide bonds. The van der Waals surface area contributed by atoms with Crippen LogP contribution in [0.25, 0.3) is 0 Å². The molecule has 1 aromatic heterocycles. The summed E-state index contributed by atoms with van der Waals surface area (Å²) in [6.45, 7) is 0.983. The summed E-state index contributed by atoms with van der Waals surface area (Å²) in [6, 6.07) is 11.6. The maximum absolute atomic E-state index is 13.0. The molecule has 0 fully saturated rings. The number of pyridine rings is 1. The van der Waals surface area contributed by atoms with Crippen molar-refractivity contribution in [3.05, 3.63) is 60.2 Å². The van der Waals surface area contributed by atoms with E-state index in [2.05, 4.69) is 10.3 Å². The van der Waals surface area contributed by atoms with Gasteiger partial charge < -0.3 is 5.32 Å². The largest absolute Gasteiger partial charge is 0.325 e. The van der Waals surface area contributed by atoms with E-state index in [4.69, 9.17) is 0 Å². The third-order valence-corrected chi connectivity index (χ3v) is 3.00. The highest BCUT2D eigenvalue weighted by Crippen LogP contribution is 2.08. The molecule has 0 atom stereocenters. The van der Waals surface area contributed by atoms with Crippen LogP contribution in [0.2, 0.25) is 0 Å². The topological polar surface area (TPSA) is 45.2 Å². The van der Waals surface area contributed by atoms with Crippen LogP contribution in [0, 0.1) is 5.82 Å². The zero-order valence-corrected chi connectivity index (χ0v) is 11.9. The lowest BCUT2D eigenvalue weighted by Crippen LogP contribution is -2.31. The van der Waals surface area contributed by atoms with Gasteiger partial charge in [0.25, 0.3) is 0 Å². The molecule has 2 aromatic rings. The van der Waals surface area contributed by atoms with Gasteiger partial charge in [-0.3, -0.25) is 14.7 Å². The van der Waals surface area contributed by atoms with Crippen molar-refractivity contribution in [3.8, 4) is 0 Å². The molecule has 1 heterocycles. The summed E-state index contributed by atoms with van der Waals surface area (Å²) in [4.78, 5) is 18.0. The molecule has 0 saturated carbocycles. The van der Waals surface area contributed by atoms with Crippen molar-refractivity contribution in [2.45, 2.75) is 6.42 Å². The SMILES string of the molecule is CN(CCc1ccccn1)CC(=O)Nc1cccc(F)c1. The maximum Gasteiger partial charge on any atom is 0.238 e. The molecule has 1 N–H and O–H groups in total. The summed E-state index contributed by atoms with van der Waals surface area (Å²) < 4.78 is 13.0. The van der Waals surface area contributed by atoms with Crippen molar-refractivity contribution < 1.29 is 9.18 Å². The molecule has 2 rings (SSSR count). The van der Waals surface area contributed by atoms with Crippen molar-refractivity contribution in [2.24, 2.45) is 0 Å². The molecule has 110 valence electrons. The number of carbonyl (C=O) groups is 1. The molecule has 0 unspecified atom stereocenters. The van der Waals surface area contributed by atoms with Crippen molar-refractivity contribution in [1.82, 2.24) is 9.88 Å². The number of benzene rings is 1. The Labute approximate surface area is 123 Å². The quantitative estimate of drug-likeness (QED) is 0.887. The second-order valence-corrected chi connectivity index (χ2v) is 4.87. The van der Waals surface area contributed by atoms with Gasteiger partial charge in [-0.15, -0.1) is 0 Å². The average Bonchev–Trinajstić information content (AvgIpc) is 2.46. The Kier molecular flexibility index (Phi) is 5.40. The van der Waals surface area contributed by atoms with Gasteiger partial charge in [0.1, 0.15) is 5.82 Å². The highest BCUT2D eigenvalue weighted by Gasteiger charge is 2.07. The minimum Gasteiger partial charge on any atom is -0.325 e. The van der Waals surface area contributed by atoms with Crippen molar-refractivity contribution in [1.29, 1.82) is 0 Å². The van der Waals surface area contributed by atoms with Crippen LogP contribution in [0.15, 0.2) is 48.7 Å². The Hall–Kier alpha value is -2.27. The van der Waals surface area contributed by atoms with Gasteiger partial charge in [0.05, 0.1) is 6.54 Å². The molecule has 5 heteroatoms. The monoisotopic (exact) mass is 287 g/mol. The first-order valence-electron chi connectivity index (χ1n) is 6.77. The van der Waals surface area contributed by atoms with Crippen LogP contribution in [0.3, 0.4) is 0 Å². The predicted octanol–water partition coefficient (Wildman–Crippen LogP) is 2.33. The van der Waals surface area contributed by atoms with Crippen molar-refractivity contribution in [2.75, 3.05) is 25.5 Å². The minimum absolute atomic E-state index is 0.163. The van der Waals surface area contributed by atoms with Crippen LogP contribution in [0.1, 0.15) is 5.69 Å². The zero-order chi connectivity index (χ0) is 15.1. The van der Waals surface area contributed by atoms with E-state index in [0.29, 0.717) is 5.69 Å². The van der Waals surface area contributed by atoms with Gasteiger partial charge in [-0.25, -0.2) is 4.39 Å². The Morgan fingerprint density at radius 1 is 1.29 bits per heavy atom. The number of nitrogens with one attached hydrogen (secondary N) is 1. The molecular formula is C16H18FN3O. The standard InChI is InChI=1S/C16H18FN3O/c1-20(10-8-14-6-2-3-9-18-14)12-16(21)19-15-7-4-5-13(17)11-15/h2-7,9,11H,8,10,12H2,1H3,(H,19,21). The van der Waals surface area contributed by atoms with Crippen LogP contribution >= 0.6 is 0 Å². The van der Waals surface area contributed by atoms with Crippen molar-refractivity contribution in [3.63, 3.8) is 0 Å². The maximum atomic E-state index is 13.0. The fourth-order valence-electron chi connectivity index (χ4n) is 1.94. The van der Waals surface area contributed by atoms with Gasteiger partial charge in [0, 0.05) is 30.5 Å². The zero-order valence-electron chi connectivity index (χ0n) is 11.9. The number of aromatic nitrogens is 1. The number of hydrogen-bond acceptors (Lipinski definition) is 3. The molecule has 4 nitrogen and oxygen atoms in total. The molecule has 21 heavy (non-hydrogen) atoms. The highest BCUT2D eigenvalue weighted by atomic mass is 19.1. The summed E-state index contributed by atoms with van der Waals surface area (Å²) in [7, 11) is 1.87. The molecule has 0 radical (unpaired) electrons. The first-order chi connectivity index (χ1) is 10.1. The lowest BCUT2D eigenvalue weighted by molar-refractivity contribution is -0.117. The lowest BCUT2D eigenvalue weighted by atomic mass is 10.2. The van der Waals surface area contributed by atoms with Crippen LogP contribution in [-0.2, 0) is 11.2 Å². The van der Waals surface area contributed by atoms with Crippen molar-refractivity contribution >= 4 is 11.6 Å². The summed E-state index contributed by atoms with van der Waals surface area (Å²) in [5, 5.41) is 2.68. The molecule has 0 saturated heterocycles. The number of rotatable bonds is 6. The molecular weight excluding hydrogens is 269 g/mol. The van der Waals surface area contributed by atoms with Gasteiger partial charge >= 0.3 is 0 Å². The summed E-state index contributed by atoms with van der Waals surface area (Å²) in [5.74, 6) is -0.527. The first-order valence-corrected chi connectivity index (χ1v) is 6.77. The molecule has 1 aromatic carbocycles. The van der Waals surface area contributed by atoms with E-state index in [-0.39, 0.29) is 18.3 Å². The van der Waals surface area contributed by atoms with Gasteiger partial charge in [0.2, 0.25) is 5.91 Å². The van der Waals surface area contributed by atoms with Crippen LogP contribution in [0.5, 0.6) is 0 Å². The van der Waals surface area contributed by atoms with E-state index in [1.165, 1.54) is 12.1 Å². The summed E-state index contributed by atoms with van der Waals surface area (Å²) in [5.41, 5.74) is 1.47. The number of carbonyl (C=O) groups excluding carboxylic acids is 1. The Bertz CT molecular complexity index is 589. The van der Waals surface area contributed by atoms with Crippen LogP contribution < -0.4 is 5.32 Å². The first kappa shape index (κ1) is 15.1. The van der Waals surface area contributed by atoms with E-state index in [1.54, 1.807) is 18.3 Å². The van der Waals surface area contributed by atoms with Gasteiger partial charge in [-0.1, -0.05) is 12.1 Å². The Morgan fingerprint density at radius 2 is 2.14 bits per heavy atom. The molecule has 0 bridgehead atoms. The van der Waals surface area contributed by atoms with E-state index < -0.39 is 0 Å². The summed E-state index contributed by atoms with van der Waals surface area (Å²) in [6.07, 6.45) is 2.54. The van der Waals surface area contributed by atoms with Crippen LogP contribution in [-0.4, -0.2) is 35.9 Å². The Morgan fingerprint density at radius 3 is 2.86 bits per heavy atom.